The van der Waals surface area contributed by atoms with Gasteiger partial charge in [0.25, 0.3) is 0 Å². The minimum Gasteiger partial charge on any atom is -0.330 e. The van der Waals surface area contributed by atoms with Crippen molar-refractivity contribution in [3.63, 3.8) is 0 Å². The van der Waals surface area contributed by atoms with Gasteiger partial charge in [0.1, 0.15) is 0 Å². The summed E-state index contributed by atoms with van der Waals surface area (Å²) in [6, 6.07) is 8.78. The summed E-state index contributed by atoms with van der Waals surface area (Å²) in [6.07, 6.45) is 3.98. The van der Waals surface area contributed by atoms with Crippen LogP contribution in [0.3, 0.4) is 0 Å². The second-order valence-electron chi connectivity index (χ2n) is 5.70. The molecule has 3 aliphatic rings. The average molecular weight is 230 g/mol. The van der Waals surface area contributed by atoms with Crippen molar-refractivity contribution in [3.8, 4) is 0 Å². The number of nitrogens with zero attached hydrogens (tertiary/aromatic N) is 1. The van der Waals surface area contributed by atoms with Crippen LogP contribution in [-0.2, 0) is 13.0 Å². The lowest BCUT2D eigenvalue weighted by Gasteiger charge is -2.47. The lowest BCUT2D eigenvalue weighted by Crippen LogP contribution is -2.48. The summed E-state index contributed by atoms with van der Waals surface area (Å²) in [6.45, 7) is 4.51. The van der Waals surface area contributed by atoms with Gasteiger partial charge in [0, 0.05) is 19.6 Å². The third-order valence-electron chi connectivity index (χ3n) is 4.29. The maximum absolute atomic E-state index is 5.68. The molecule has 0 radical (unpaired) electrons. The molecule has 0 spiro atoms. The van der Waals surface area contributed by atoms with E-state index in [1.165, 1.54) is 37.1 Å². The molecule has 0 atom stereocenters. The van der Waals surface area contributed by atoms with Gasteiger partial charge >= 0.3 is 0 Å². The number of hydrogen-bond donors (Lipinski definition) is 1. The Kier molecular flexibility index (Phi) is 3.17. The quantitative estimate of drug-likeness (QED) is 0.857. The van der Waals surface area contributed by atoms with E-state index in [0.29, 0.717) is 0 Å². The summed E-state index contributed by atoms with van der Waals surface area (Å²) in [5.74, 6) is 1.99. The van der Waals surface area contributed by atoms with Gasteiger partial charge in [0.05, 0.1) is 0 Å². The number of piperidine rings is 2. The van der Waals surface area contributed by atoms with Crippen LogP contribution in [0.4, 0.5) is 0 Å². The monoisotopic (exact) mass is 230 g/mol. The van der Waals surface area contributed by atoms with Crippen LogP contribution in [0.15, 0.2) is 24.3 Å². The van der Waals surface area contributed by atoms with E-state index in [1.807, 2.05) is 0 Å². The van der Waals surface area contributed by atoms with Crippen LogP contribution in [0.5, 0.6) is 0 Å². The maximum Gasteiger partial charge on any atom is 0.0236 e. The molecular formula is C15H22N2. The third-order valence-corrected chi connectivity index (χ3v) is 4.29. The Bertz CT molecular complexity index is 372. The maximum atomic E-state index is 5.68. The van der Waals surface area contributed by atoms with Crippen molar-refractivity contribution in [1.29, 1.82) is 0 Å². The first-order chi connectivity index (χ1) is 8.35. The first-order valence-corrected chi connectivity index (χ1v) is 6.84. The molecule has 17 heavy (non-hydrogen) atoms. The number of fused-ring (bicyclic) bond motifs is 2. The van der Waals surface area contributed by atoms with Crippen molar-refractivity contribution in [1.82, 2.24) is 4.90 Å². The van der Waals surface area contributed by atoms with Gasteiger partial charge in [-0.2, -0.15) is 0 Å². The van der Waals surface area contributed by atoms with Gasteiger partial charge in [-0.25, -0.2) is 0 Å². The topological polar surface area (TPSA) is 29.3 Å². The van der Waals surface area contributed by atoms with E-state index in [-0.39, 0.29) is 0 Å². The van der Waals surface area contributed by atoms with Gasteiger partial charge in [-0.1, -0.05) is 24.3 Å². The summed E-state index contributed by atoms with van der Waals surface area (Å²) in [7, 11) is 0. The molecule has 0 unspecified atom stereocenters. The van der Waals surface area contributed by atoms with Crippen molar-refractivity contribution in [2.75, 3.05) is 19.6 Å². The van der Waals surface area contributed by atoms with Crippen LogP contribution in [-0.4, -0.2) is 24.5 Å². The molecule has 1 aromatic carbocycles. The van der Waals surface area contributed by atoms with Gasteiger partial charge in [0.2, 0.25) is 0 Å². The molecule has 0 aromatic heterocycles. The average Bonchev–Trinajstić information content (AvgIpc) is 2.31. The molecule has 2 N–H and O–H groups in total. The molecule has 0 amide bonds. The molecule has 1 aromatic rings. The highest BCUT2D eigenvalue weighted by Gasteiger charge is 2.36. The summed E-state index contributed by atoms with van der Waals surface area (Å²) < 4.78 is 0. The summed E-state index contributed by atoms with van der Waals surface area (Å²) >= 11 is 0. The molecule has 2 heteroatoms. The Labute approximate surface area is 104 Å². The molecule has 2 bridgehead atoms. The minimum atomic E-state index is 0.752. The SMILES string of the molecule is NCCc1ccccc1CN1CC2CC(C2)C1. The first-order valence-electron chi connectivity index (χ1n) is 6.84. The van der Waals surface area contributed by atoms with Gasteiger partial charge in [-0.15, -0.1) is 0 Å². The van der Waals surface area contributed by atoms with Gasteiger partial charge in [0.15, 0.2) is 0 Å². The number of nitrogens with two attached hydrogens (primary N) is 1. The largest absolute Gasteiger partial charge is 0.330 e. The summed E-state index contributed by atoms with van der Waals surface area (Å²) in [5.41, 5.74) is 8.60. The van der Waals surface area contributed by atoms with Gasteiger partial charge in [-0.05, 0) is 48.8 Å². The van der Waals surface area contributed by atoms with E-state index in [2.05, 4.69) is 29.2 Å². The van der Waals surface area contributed by atoms with E-state index in [9.17, 15) is 0 Å². The molecule has 2 heterocycles. The molecule has 1 aliphatic carbocycles. The molecular weight excluding hydrogens is 208 g/mol. The van der Waals surface area contributed by atoms with E-state index in [0.717, 1.165) is 31.3 Å². The van der Waals surface area contributed by atoms with Gasteiger partial charge in [-0.3, -0.25) is 4.90 Å². The molecule has 92 valence electrons. The van der Waals surface area contributed by atoms with Crippen molar-refractivity contribution in [2.24, 2.45) is 17.6 Å². The Morgan fingerprint density at radius 2 is 1.71 bits per heavy atom. The van der Waals surface area contributed by atoms with E-state index in [4.69, 9.17) is 5.73 Å². The molecule has 1 saturated carbocycles. The highest BCUT2D eigenvalue weighted by Crippen LogP contribution is 2.39. The molecule has 2 nitrogen and oxygen atoms in total. The Balaban J connectivity index is 1.67. The fraction of sp³-hybridized carbons (Fsp3) is 0.600. The normalized spacial score (nSPS) is 27.8. The fourth-order valence-corrected chi connectivity index (χ4v) is 3.46. The smallest absolute Gasteiger partial charge is 0.0236 e. The number of hydrogen-bond acceptors (Lipinski definition) is 2. The Morgan fingerprint density at radius 1 is 1.06 bits per heavy atom. The van der Waals surface area contributed by atoms with Crippen LogP contribution in [0.25, 0.3) is 0 Å². The predicted octanol–water partition coefficient (Wildman–Crippen LogP) is 2.03. The van der Waals surface area contributed by atoms with Crippen LogP contribution in [0.1, 0.15) is 24.0 Å². The van der Waals surface area contributed by atoms with Crippen molar-refractivity contribution >= 4 is 0 Å². The second kappa shape index (κ2) is 4.79. The predicted molar refractivity (Wildman–Crippen MR) is 70.7 cm³/mol. The molecule has 2 saturated heterocycles. The second-order valence-corrected chi connectivity index (χ2v) is 5.70. The molecule has 3 fully saturated rings. The van der Waals surface area contributed by atoms with Crippen LogP contribution in [0, 0.1) is 11.8 Å². The highest BCUT2D eigenvalue weighted by atomic mass is 15.1. The molecule has 4 rings (SSSR count). The van der Waals surface area contributed by atoms with E-state index >= 15 is 0 Å². The van der Waals surface area contributed by atoms with Crippen LogP contribution < -0.4 is 5.73 Å². The Morgan fingerprint density at radius 3 is 2.35 bits per heavy atom. The van der Waals surface area contributed by atoms with Crippen molar-refractivity contribution < 1.29 is 0 Å². The zero-order valence-electron chi connectivity index (χ0n) is 10.4. The zero-order valence-corrected chi connectivity index (χ0v) is 10.4. The highest BCUT2D eigenvalue weighted by molar-refractivity contribution is 5.27. The lowest BCUT2D eigenvalue weighted by atomic mass is 9.71. The third kappa shape index (κ3) is 2.38. The zero-order chi connectivity index (χ0) is 11.7. The van der Waals surface area contributed by atoms with E-state index in [1.54, 1.807) is 0 Å². The minimum absolute atomic E-state index is 0.752. The first kappa shape index (κ1) is 11.2. The fourth-order valence-electron chi connectivity index (χ4n) is 3.46. The van der Waals surface area contributed by atoms with Crippen LogP contribution in [0.2, 0.25) is 0 Å². The standard InChI is InChI=1S/C15H22N2/c16-6-5-14-3-1-2-4-15(14)11-17-9-12-7-13(8-12)10-17/h1-4,12-13H,5-11,16H2. The number of benzene rings is 1. The lowest BCUT2D eigenvalue weighted by molar-refractivity contribution is 0.0227. The van der Waals surface area contributed by atoms with Crippen LogP contribution >= 0.6 is 0 Å². The van der Waals surface area contributed by atoms with Gasteiger partial charge < -0.3 is 5.73 Å². The van der Waals surface area contributed by atoms with E-state index < -0.39 is 0 Å². The summed E-state index contributed by atoms with van der Waals surface area (Å²) in [5, 5.41) is 0. The van der Waals surface area contributed by atoms with Crippen molar-refractivity contribution in [2.45, 2.75) is 25.8 Å². The summed E-state index contributed by atoms with van der Waals surface area (Å²) in [4.78, 5) is 2.64. The Hall–Kier alpha value is -0.860. The van der Waals surface area contributed by atoms with Crippen molar-refractivity contribution in [3.05, 3.63) is 35.4 Å². The molecule has 2 aliphatic heterocycles. The number of rotatable bonds is 4.